The van der Waals surface area contributed by atoms with Crippen molar-refractivity contribution in [2.75, 3.05) is 18.4 Å². The monoisotopic (exact) mass is 312 g/mol. The third-order valence-corrected chi connectivity index (χ3v) is 4.32. The second-order valence-electron chi connectivity index (χ2n) is 6.41. The van der Waals surface area contributed by atoms with Crippen LogP contribution in [0.15, 0.2) is 36.5 Å². The molecular formula is C18H24N4O. The van der Waals surface area contributed by atoms with E-state index in [-0.39, 0.29) is 5.91 Å². The molecule has 1 atom stereocenters. The molecule has 3 rings (SSSR count). The van der Waals surface area contributed by atoms with Gasteiger partial charge in [-0.25, -0.2) is 0 Å². The Morgan fingerprint density at radius 3 is 2.74 bits per heavy atom. The predicted molar refractivity (Wildman–Crippen MR) is 91.9 cm³/mol. The Hall–Kier alpha value is -2.14. The lowest BCUT2D eigenvalue weighted by molar-refractivity contribution is 0.102. The van der Waals surface area contributed by atoms with Gasteiger partial charge in [-0.15, -0.1) is 0 Å². The van der Waals surface area contributed by atoms with E-state index >= 15 is 0 Å². The van der Waals surface area contributed by atoms with Gasteiger partial charge in [0.15, 0.2) is 5.69 Å². The highest BCUT2D eigenvalue weighted by atomic mass is 16.1. The summed E-state index contributed by atoms with van der Waals surface area (Å²) in [6.07, 6.45) is 4.15. The summed E-state index contributed by atoms with van der Waals surface area (Å²) in [5, 5.41) is 10.7. The smallest absolute Gasteiger partial charge is 0.276 e. The SMILES string of the molecule is CC(C)c1ccc(NC(=O)c2ccn(C3CCCNC3)n2)cc1. The average molecular weight is 312 g/mol. The maximum absolute atomic E-state index is 12.3. The average Bonchev–Trinajstić information content (AvgIpc) is 3.06. The molecule has 122 valence electrons. The van der Waals surface area contributed by atoms with Crippen LogP contribution in [0, 0.1) is 0 Å². The Morgan fingerprint density at radius 2 is 2.09 bits per heavy atom. The number of aromatic nitrogens is 2. The molecule has 1 unspecified atom stereocenters. The minimum atomic E-state index is -0.162. The van der Waals surface area contributed by atoms with E-state index in [2.05, 4.69) is 29.6 Å². The first kappa shape index (κ1) is 15.7. The second kappa shape index (κ2) is 6.96. The number of hydrogen-bond acceptors (Lipinski definition) is 3. The third kappa shape index (κ3) is 3.79. The van der Waals surface area contributed by atoms with Crippen molar-refractivity contribution in [2.45, 2.75) is 38.6 Å². The zero-order valence-electron chi connectivity index (χ0n) is 13.7. The normalized spacial score (nSPS) is 18.1. The van der Waals surface area contributed by atoms with E-state index in [0.29, 0.717) is 17.7 Å². The molecule has 1 aromatic heterocycles. The summed E-state index contributed by atoms with van der Waals surface area (Å²) in [5.41, 5.74) is 2.52. The molecule has 5 heteroatoms. The Morgan fingerprint density at radius 1 is 1.30 bits per heavy atom. The molecule has 2 aromatic rings. The van der Waals surface area contributed by atoms with Gasteiger partial charge in [-0.1, -0.05) is 26.0 Å². The van der Waals surface area contributed by atoms with E-state index in [1.54, 1.807) is 6.07 Å². The first-order valence-electron chi connectivity index (χ1n) is 8.30. The summed E-state index contributed by atoms with van der Waals surface area (Å²) < 4.78 is 1.91. The van der Waals surface area contributed by atoms with Crippen LogP contribution in [0.3, 0.4) is 0 Å². The minimum absolute atomic E-state index is 0.162. The van der Waals surface area contributed by atoms with Crippen LogP contribution in [0.2, 0.25) is 0 Å². The summed E-state index contributed by atoms with van der Waals surface area (Å²) in [6.45, 7) is 6.29. The predicted octanol–water partition coefficient (Wildman–Crippen LogP) is 3.18. The number of benzene rings is 1. The lowest BCUT2D eigenvalue weighted by atomic mass is 10.0. The zero-order chi connectivity index (χ0) is 16.2. The van der Waals surface area contributed by atoms with Crippen LogP contribution in [-0.4, -0.2) is 28.8 Å². The Balaban J connectivity index is 1.65. The molecule has 0 aliphatic carbocycles. The largest absolute Gasteiger partial charge is 0.321 e. The number of rotatable bonds is 4. The molecule has 5 nitrogen and oxygen atoms in total. The van der Waals surface area contributed by atoms with Gasteiger partial charge in [0.1, 0.15) is 0 Å². The lowest BCUT2D eigenvalue weighted by Gasteiger charge is -2.22. The molecule has 0 saturated carbocycles. The van der Waals surface area contributed by atoms with Gasteiger partial charge in [-0.2, -0.15) is 5.10 Å². The molecule has 0 spiro atoms. The first-order chi connectivity index (χ1) is 11.1. The Bertz CT molecular complexity index is 654. The van der Waals surface area contributed by atoms with Crippen LogP contribution < -0.4 is 10.6 Å². The van der Waals surface area contributed by atoms with Crippen LogP contribution in [0.4, 0.5) is 5.69 Å². The van der Waals surface area contributed by atoms with E-state index in [1.165, 1.54) is 5.56 Å². The number of carbonyl (C=O) groups is 1. The van der Waals surface area contributed by atoms with Crippen molar-refractivity contribution in [3.05, 3.63) is 47.8 Å². The molecule has 1 fully saturated rings. The summed E-state index contributed by atoms with van der Waals surface area (Å²) in [7, 11) is 0. The van der Waals surface area contributed by atoms with Gasteiger partial charge in [0.05, 0.1) is 6.04 Å². The van der Waals surface area contributed by atoms with Gasteiger partial charge in [0.25, 0.3) is 5.91 Å². The van der Waals surface area contributed by atoms with Crippen molar-refractivity contribution in [1.29, 1.82) is 0 Å². The van der Waals surface area contributed by atoms with Gasteiger partial charge in [-0.05, 0) is 49.1 Å². The van der Waals surface area contributed by atoms with Crippen LogP contribution in [-0.2, 0) is 0 Å². The van der Waals surface area contributed by atoms with Crippen LogP contribution in [0.25, 0.3) is 0 Å². The maximum Gasteiger partial charge on any atom is 0.276 e. The molecule has 0 radical (unpaired) electrons. The fourth-order valence-corrected chi connectivity index (χ4v) is 2.87. The lowest BCUT2D eigenvalue weighted by Crippen LogP contribution is -2.32. The van der Waals surface area contributed by atoms with Crippen LogP contribution in [0.5, 0.6) is 0 Å². The molecule has 2 N–H and O–H groups in total. The number of piperidine rings is 1. The van der Waals surface area contributed by atoms with Gasteiger partial charge in [0.2, 0.25) is 0 Å². The van der Waals surface area contributed by atoms with Crippen molar-refractivity contribution in [3.8, 4) is 0 Å². The number of amides is 1. The fraction of sp³-hybridized carbons (Fsp3) is 0.444. The van der Waals surface area contributed by atoms with E-state index in [0.717, 1.165) is 31.6 Å². The number of anilines is 1. The van der Waals surface area contributed by atoms with E-state index < -0.39 is 0 Å². The van der Waals surface area contributed by atoms with E-state index in [1.807, 2.05) is 35.1 Å². The Labute approximate surface area is 137 Å². The summed E-state index contributed by atoms with van der Waals surface area (Å²) in [6, 6.07) is 10.1. The maximum atomic E-state index is 12.3. The summed E-state index contributed by atoms with van der Waals surface area (Å²) >= 11 is 0. The number of hydrogen-bond donors (Lipinski definition) is 2. The minimum Gasteiger partial charge on any atom is -0.321 e. The molecule has 1 saturated heterocycles. The topological polar surface area (TPSA) is 59.0 Å². The van der Waals surface area contributed by atoms with E-state index in [9.17, 15) is 4.79 Å². The number of carbonyl (C=O) groups excluding carboxylic acids is 1. The molecule has 2 heterocycles. The van der Waals surface area contributed by atoms with Crippen molar-refractivity contribution in [1.82, 2.24) is 15.1 Å². The fourth-order valence-electron chi connectivity index (χ4n) is 2.87. The van der Waals surface area contributed by atoms with Gasteiger partial charge >= 0.3 is 0 Å². The number of nitrogens with one attached hydrogen (secondary N) is 2. The van der Waals surface area contributed by atoms with Crippen LogP contribution in [0.1, 0.15) is 54.7 Å². The molecule has 0 bridgehead atoms. The van der Waals surface area contributed by atoms with E-state index in [4.69, 9.17) is 0 Å². The Kier molecular flexibility index (Phi) is 4.76. The van der Waals surface area contributed by atoms with Crippen molar-refractivity contribution >= 4 is 11.6 Å². The second-order valence-corrected chi connectivity index (χ2v) is 6.41. The first-order valence-corrected chi connectivity index (χ1v) is 8.30. The summed E-state index contributed by atoms with van der Waals surface area (Å²) in [4.78, 5) is 12.3. The highest BCUT2D eigenvalue weighted by Crippen LogP contribution is 2.18. The highest BCUT2D eigenvalue weighted by Gasteiger charge is 2.17. The standard InChI is InChI=1S/C18H24N4O/c1-13(2)14-5-7-15(8-6-14)20-18(23)17-9-11-22(21-17)16-4-3-10-19-12-16/h5-9,11,13,16,19H,3-4,10,12H2,1-2H3,(H,20,23). The van der Waals surface area contributed by atoms with Crippen molar-refractivity contribution in [3.63, 3.8) is 0 Å². The quantitative estimate of drug-likeness (QED) is 0.911. The van der Waals surface area contributed by atoms with Crippen LogP contribution >= 0.6 is 0 Å². The molecule has 1 aliphatic heterocycles. The highest BCUT2D eigenvalue weighted by molar-refractivity contribution is 6.02. The summed E-state index contributed by atoms with van der Waals surface area (Å²) in [5.74, 6) is 0.323. The number of nitrogens with zero attached hydrogens (tertiary/aromatic N) is 2. The molecule has 1 aromatic carbocycles. The van der Waals surface area contributed by atoms with Crippen molar-refractivity contribution < 1.29 is 4.79 Å². The van der Waals surface area contributed by atoms with Gasteiger partial charge in [0, 0.05) is 18.4 Å². The zero-order valence-corrected chi connectivity index (χ0v) is 13.7. The molecule has 23 heavy (non-hydrogen) atoms. The third-order valence-electron chi connectivity index (χ3n) is 4.32. The molecular weight excluding hydrogens is 288 g/mol. The van der Waals surface area contributed by atoms with Crippen molar-refractivity contribution in [2.24, 2.45) is 0 Å². The molecule has 1 aliphatic rings. The molecule has 1 amide bonds. The van der Waals surface area contributed by atoms with Gasteiger partial charge < -0.3 is 10.6 Å². The van der Waals surface area contributed by atoms with Gasteiger partial charge in [-0.3, -0.25) is 9.48 Å².